The van der Waals surface area contributed by atoms with Crippen LogP contribution in [0.15, 0.2) is 87.5 Å². The third kappa shape index (κ3) is 5.04. The van der Waals surface area contributed by atoms with Crippen LogP contribution in [-0.2, 0) is 11.0 Å². The van der Waals surface area contributed by atoms with Crippen LogP contribution in [0.1, 0.15) is 11.1 Å². The summed E-state index contributed by atoms with van der Waals surface area (Å²) in [6, 6.07) is 19.5. The van der Waals surface area contributed by atoms with E-state index in [9.17, 15) is 18.0 Å². The number of rotatable bonds is 4. The van der Waals surface area contributed by atoms with Crippen molar-refractivity contribution in [1.82, 2.24) is 0 Å². The molecule has 1 aliphatic rings. The van der Waals surface area contributed by atoms with Crippen molar-refractivity contribution in [3.63, 3.8) is 0 Å². The van der Waals surface area contributed by atoms with Crippen LogP contribution in [0.3, 0.4) is 0 Å². The van der Waals surface area contributed by atoms with Crippen LogP contribution in [0.5, 0.6) is 0 Å². The van der Waals surface area contributed by atoms with E-state index in [0.717, 1.165) is 44.1 Å². The standard InChI is InChI=1S/C23H13ClF3NOS3/c24-16-8-10-18(11-9-16)31-19-7-2-1-4-14(19)12-20-21(29)28(22(30)32-20)17-6-3-5-15(13-17)23(25,26)27/h1-13H/b20-12+. The summed E-state index contributed by atoms with van der Waals surface area (Å²) in [5, 5.41) is 0.640. The summed E-state index contributed by atoms with van der Waals surface area (Å²) in [4.78, 5) is 16.4. The van der Waals surface area contributed by atoms with E-state index in [1.807, 2.05) is 36.4 Å². The van der Waals surface area contributed by atoms with Crippen LogP contribution in [0, 0.1) is 0 Å². The van der Waals surface area contributed by atoms with Gasteiger partial charge in [0.2, 0.25) is 0 Å². The Labute approximate surface area is 201 Å². The molecule has 1 fully saturated rings. The van der Waals surface area contributed by atoms with E-state index in [4.69, 9.17) is 23.8 Å². The molecule has 0 unspecified atom stereocenters. The lowest BCUT2D eigenvalue weighted by Crippen LogP contribution is -2.27. The van der Waals surface area contributed by atoms with Crippen LogP contribution in [0.4, 0.5) is 18.9 Å². The summed E-state index contributed by atoms with van der Waals surface area (Å²) < 4.78 is 39.5. The molecule has 1 aliphatic heterocycles. The van der Waals surface area contributed by atoms with Gasteiger partial charge in [-0.1, -0.05) is 71.6 Å². The average molecular weight is 508 g/mol. The second-order valence-electron chi connectivity index (χ2n) is 6.66. The van der Waals surface area contributed by atoms with E-state index in [1.54, 1.807) is 18.2 Å². The Kier molecular flexibility index (Phi) is 6.67. The van der Waals surface area contributed by atoms with Gasteiger partial charge in [0.05, 0.1) is 16.2 Å². The average Bonchev–Trinajstić information content (AvgIpc) is 3.03. The Balaban J connectivity index is 1.64. The molecule has 2 nitrogen and oxygen atoms in total. The second-order valence-corrected chi connectivity index (χ2v) is 9.89. The summed E-state index contributed by atoms with van der Waals surface area (Å²) in [6.45, 7) is 0. The fraction of sp³-hybridized carbons (Fsp3) is 0.0435. The van der Waals surface area contributed by atoms with Crippen molar-refractivity contribution in [3.05, 3.63) is 93.9 Å². The van der Waals surface area contributed by atoms with E-state index in [-0.39, 0.29) is 10.0 Å². The van der Waals surface area contributed by atoms with E-state index >= 15 is 0 Å². The number of hydrogen-bond acceptors (Lipinski definition) is 4. The fourth-order valence-electron chi connectivity index (χ4n) is 2.98. The van der Waals surface area contributed by atoms with Crippen molar-refractivity contribution < 1.29 is 18.0 Å². The highest BCUT2D eigenvalue weighted by molar-refractivity contribution is 8.27. The van der Waals surface area contributed by atoms with Crippen LogP contribution < -0.4 is 4.90 Å². The zero-order chi connectivity index (χ0) is 22.9. The van der Waals surface area contributed by atoms with Gasteiger partial charge in [-0.25, -0.2) is 0 Å². The summed E-state index contributed by atoms with van der Waals surface area (Å²) in [7, 11) is 0. The predicted octanol–water partition coefficient (Wildman–Crippen LogP) is 7.92. The Morgan fingerprint density at radius 3 is 2.44 bits per heavy atom. The van der Waals surface area contributed by atoms with Gasteiger partial charge in [0, 0.05) is 14.8 Å². The number of anilines is 1. The molecule has 0 aliphatic carbocycles. The van der Waals surface area contributed by atoms with Gasteiger partial charge in [0.25, 0.3) is 5.91 Å². The number of amides is 1. The van der Waals surface area contributed by atoms with Crippen molar-refractivity contribution in [2.24, 2.45) is 0 Å². The summed E-state index contributed by atoms with van der Waals surface area (Å²) >= 11 is 13.8. The van der Waals surface area contributed by atoms with Gasteiger partial charge in [-0.15, -0.1) is 0 Å². The number of benzene rings is 3. The molecule has 9 heteroatoms. The minimum atomic E-state index is -4.51. The molecule has 0 bridgehead atoms. The van der Waals surface area contributed by atoms with E-state index in [1.165, 1.54) is 23.9 Å². The smallest absolute Gasteiger partial charge is 0.268 e. The molecule has 0 saturated carbocycles. The van der Waals surface area contributed by atoms with E-state index in [2.05, 4.69) is 0 Å². The lowest BCUT2D eigenvalue weighted by molar-refractivity contribution is -0.137. The normalized spacial score (nSPS) is 15.6. The number of nitrogens with zero attached hydrogens (tertiary/aromatic N) is 1. The first-order valence-electron chi connectivity index (χ1n) is 9.20. The number of halogens is 4. The van der Waals surface area contributed by atoms with Crippen molar-refractivity contribution in [3.8, 4) is 0 Å². The molecule has 1 amide bonds. The lowest BCUT2D eigenvalue weighted by atomic mass is 10.1. The van der Waals surface area contributed by atoms with Crippen molar-refractivity contribution >= 4 is 69.3 Å². The quantitative estimate of drug-likeness (QED) is 0.264. The number of hydrogen-bond donors (Lipinski definition) is 0. The maximum Gasteiger partial charge on any atom is 0.416 e. The zero-order valence-corrected chi connectivity index (χ0v) is 19.3. The van der Waals surface area contributed by atoms with E-state index < -0.39 is 17.6 Å². The van der Waals surface area contributed by atoms with Crippen LogP contribution in [0.2, 0.25) is 5.02 Å². The third-order valence-electron chi connectivity index (χ3n) is 4.47. The Hall–Kier alpha value is -2.26. The Morgan fingerprint density at radius 2 is 1.72 bits per heavy atom. The molecule has 1 heterocycles. The molecular formula is C23H13ClF3NOS3. The number of carbonyl (C=O) groups is 1. The topological polar surface area (TPSA) is 20.3 Å². The molecule has 0 atom stereocenters. The SMILES string of the molecule is O=C1/C(=C\c2ccccc2Sc2ccc(Cl)cc2)SC(=S)N1c1cccc(C(F)(F)F)c1. The second kappa shape index (κ2) is 9.31. The third-order valence-corrected chi connectivity index (χ3v) is 7.13. The van der Waals surface area contributed by atoms with Gasteiger partial charge in [0.1, 0.15) is 0 Å². The van der Waals surface area contributed by atoms with Crippen molar-refractivity contribution in [1.29, 1.82) is 0 Å². The number of alkyl halides is 3. The van der Waals surface area contributed by atoms with Gasteiger partial charge in [-0.2, -0.15) is 13.2 Å². The molecule has 4 rings (SSSR count). The molecule has 0 N–H and O–H groups in total. The largest absolute Gasteiger partial charge is 0.416 e. The van der Waals surface area contributed by atoms with Gasteiger partial charge >= 0.3 is 6.18 Å². The molecule has 0 aromatic heterocycles. The first-order valence-corrected chi connectivity index (χ1v) is 11.6. The Bertz CT molecular complexity index is 1230. The van der Waals surface area contributed by atoms with Crippen LogP contribution in [-0.4, -0.2) is 10.2 Å². The van der Waals surface area contributed by atoms with Gasteiger partial charge in [-0.05, 0) is 60.2 Å². The van der Waals surface area contributed by atoms with Crippen LogP contribution in [0.25, 0.3) is 6.08 Å². The summed E-state index contributed by atoms with van der Waals surface area (Å²) in [6.07, 6.45) is -2.80. The predicted molar refractivity (Wildman–Crippen MR) is 129 cm³/mol. The molecule has 3 aromatic carbocycles. The number of thioether (sulfide) groups is 1. The highest BCUT2D eigenvalue weighted by atomic mass is 35.5. The fourth-order valence-corrected chi connectivity index (χ4v) is 5.31. The van der Waals surface area contributed by atoms with Gasteiger partial charge < -0.3 is 0 Å². The van der Waals surface area contributed by atoms with Crippen molar-refractivity contribution in [2.75, 3.05) is 4.90 Å². The molecule has 0 radical (unpaired) electrons. The highest BCUT2D eigenvalue weighted by Gasteiger charge is 2.36. The molecule has 162 valence electrons. The minimum Gasteiger partial charge on any atom is -0.268 e. The molecule has 1 saturated heterocycles. The lowest BCUT2D eigenvalue weighted by Gasteiger charge is -2.16. The molecule has 3 aromatic rings. The Morgan fingerprint density at radius 1 is 1.00 bits per heavy atom. The van der Waals surface area contributed by atoms with E-state index in [0.29, 0.717) is 9.93 Å². The summed E-state index contributed by atoms with van der Waals surface area (Å²) in [5.74, 6) is -0.453. The molecule has 0 spiro atoms. The zero-order valence-electron chi connectivity index (χ0n) is 16.1. The first-order chi connectivity index (χ1) is 15.2. The summed E-state index contributed by atoms with van der Waals surface area (Å²) in [5.41, 5.74) is 0.0595. The van der Waals surface area contributed by atoms with Gasteiger partial charge in [0.15, 0.2) is 4.32 Å². The maximum absolute atomic E-state index is 13.1. The molecular weight excluding hydrogens is 495 g/mol. The maximum atomic E-state index is 13.1. The van der Waals surface area contributed by atoms with Crippen molar-refractivity contribution in [2.45, 2.75) is 16.0 Å². The number of thiocarbonyl (C=S) groups is 1. The number of carbonyl (C=O) groups excluding carboxylic acids is 1. The first kappa shape index (κ1) is 22.9. The highest BCUT2D eigenvalue weighted by Crippen LogP contribution is 2.40. The molecule has 32 heavy (non-hydrogen) atoms. The minimum absolute atomic E-state index is 0.0922. The van der Waals surface area contributed by atoms with Gasteiger partial charge in [-0.3, -0.25) is 9.69 Å². The van der Waals surface area contributed by atoms with Crippen LogP contribution >= 0.6 is 47.3 Å². The monoisotopic (exact) mass is 507 g/mol.